The highest BCUT2D eigenvalue weighted by atomic mass is 16.2. The van der Waals surface area contributed by atoms with Crippen molar-refractivity contribution in [3.8, 4) is 22.6 Å². The van der Waals surface area contributed by atoms with Crippen LogP contribution in [0, 0.1) is 27.7 Å². The number of hydrogen-bond acceptors (Lipinski definition) is 5. The van der Waals surface area contributed by atoms with E-state index in [-0.39, 0.29) is 11.9 Å². The van der Waals surface area contributed by atoms with Gasteiger partial charge in [-0.05, 0) is 88.1 Å². The number of carbonyl (C=O) groups is 1. The average molecular weight is 467 g/mol. The highest BCUT2D eigenvalue weighted by Gasteiger charge is 2.26. The first-order valence-electron chi connectivity index (χ1n) is 12.0. The van der Waals surface area contributed by atoms with Gasteiger partial charge in [-0.15, -0.1) is 5.10 Å². The zero-order valence-electron chi connectivity index (χ0n) is 21.0. The van der Waals surface area contributed by atoms with Crippen molar-refractivity contribution >= 4 is 17.5 Å². The average Bonchev–Trinajstić information content (AvgIpc) is 3.36. The fourth-order valence-electron chi connectivity index (χ4n) is 4.53. The molecule has 4 aromatic rings. The van der Waals surface area contributed by atoms with Crippen LogP contribution in [0.2, 0.25) is 0 Å². The van der Waals surface area contributed by atoms with Crippen molar-refractivity contribution in [3.05, 3.63) is 76.0 Å². The Labute approximate surface area is 205 Å². The molecule has 0 spiro atoms. The molecule has 0 radical (unpaired) electrons. The van der Waals surface area contributed by atoms with Crippen LogP contribution in [0.3, 0.4) is 0 Å². The summed E-state index contributed by atoms with van der Waals surface area (Å²) in [4.78, 5) is 21.8. The molecule has 35 heavy (non-hydrogen) atoms. The molecule has 1 aliphatic rings. The molecular formula is C28H30N6O. The summed E-state index contributed by atoms with van der Waals surface area (Å²) in [5.41, 5.74) is 10.0. The number of aryl methyl sites for hydroxylation is 5. The van der Waals surface area contributed by atoms with Gasteiger partial charge >= 0.3 is 0 Å². The maximum absolute atomic E-state index is 12.2. The molecule has 7 heteroatoms. The van der Waals surface area contributed by atoms with Gasteiger partial charge in [-0.3, -0.25) is 9.78 Å². The Morgan fingerprint density at radius 1 is 0.943 bits per heavy atom. The van der Waals surface area contributed by atoms with E-state index in [1.807, 2.05) is 44.5 Å². The van der Waals surface area contributed by atoms with E-state index in [0.29, 0.717) is 18.3 Å². The summed E-state index contributed by atoms with van der Waals surface area (Å²) in [7, 11) is 0. The molecule has 1 atom stereocenters. The highest BCUT2D eigenvalue weighted by Crippen LogP contribution is 2.32. The van der Waals surface area contributed by atoms with Crippen molar-refractivity contribution < 1.29 is 4.79 Å². The summed E-state index contributed by atoms with van der Waals surface area (Å²) in [6.07, 6.45) is 0. The lowest BCUT2D eigenvalue weighted by Gasteiger charge is -2.12. The number of amides is 1. The number of rotatable bonds is 5. The monoisotopic (exact) mass is 466 g/mol. The number of pyridine rings is 1. The minimum Gasteiger partial charge on any atom is -0.345 e. The SMILES string of the molecule is CCn1nc(-c2ccc(-c3ccc(C)c(C)n3)c(C)c2)nc1Nc1cc2c(cc1C)C(=O)NC2C. The molecular weight excluding hydrogens is 436 g/mol. The van der Waals surface area contributed by atoms with Crippen LogP contribution in [-0.4, -0.2) is 25.7 Å². The Morgan fingerprint density at radius 3 is 2.46 bits per heavy atom. The van der Waals surface area contributed by atoms with Gasteiger partial charge in [-0.1, -0.05) is 18.2 Å². The van der Waals surface area contributed by atoms with Crippen LogP contribution in [0.25, 0.3) is 22.6 Å². The van der Waals surface area contributed by atoms with Crippen LogP contribution < -0.4 is 10.6 Å². The van der Waals surface area contributed by atoms with E-state index in [0.717, 1.165) is 50.5 Å². The zero-order valence-corrected chi connectivity index (χ0v) is 21.0. The van der Waals surface area contributed by atoms with Crippen LogP contribution in [0.5, 0.6) is 0 Å². The van der Waals surface area contributed by atoms with E-state index in [4.69, 9.17) is 15.1 Å². The molecule has 2 aromatic carbocycles. The second kappa shape index (κ2) is 8.65. The van der Waals surface area contributed by atoms with Crippen molar-refractivity contribution in [3.63, 3.8) is 0 Å². The van der Waals surface area contributed by atoms with Crippen molar-refractivity contribution in [1.29, 1.82) is 0 Å². The minimum atomic E-state index is -0.0176. The van der Waals surface area contributed by atoms with Crippen LogP contribution >= 0.6 is 0 Å². The molecule has 0 saturated carbocycles. The summed E-state index contributed by atoms with van der Waals surface area (Å²) >= 11 is 0. The van der Waals surface area contributed by atoms with Gasteiger partial charge in [0.15, 0.2) is 5.82 Å². The van der Waals surface area contributed by atoms with Gasteiger partial charge in [0.25, 0.3) is 5.91 Å². The first-order chi connectivity index (χ1) is 16.7. The molecule has 1 amide bonds. The largest absolute Gasteiger partial charge is 0.345 e. The molecule has 0 saturated heterocycles. The number of hydrogen-bond donors (Lipinski definition) is 2. The number of aromatic nitrogens is 4. The number of nitrogens with one attached hydrogen (secondary N) is 2. The number of anilines is 2. The summed E-state index contributed by atoms with van der Waals surface area (Å²) in [5.74, 6) is 1.32. The zero-order chi connectivity index (χ0) is 24.9. The van der Waals surface area contributed by atoms with Gasteiger partial charge in [0.1, 0.15) is 0 Å². The van der Waals surface area contributed by atoms with Crippen molar-refractivity contribution in [1.82, 2.24) is 25.1 Å². The molecule has 2 aromatic heterocycles. The van der Waals surface area contributed by atoms with E-state index < -0.39 is 0 Å². The van der Waals surface area contributed by atoms with Crippen molar-refractivity contribution in [2.75, 3.05) is 5.32 Å². The van der Waals surface area contributed by atoms with Crippen LogP contribution in [0.1, 0.15) is 58.2 Å². The predicted octanol–water partition coefficient (Wildman–Crippen LogP) is 5.81. The van der Waals surface area contributed by atoms with Gasteiger partial charge in [-0.2, -0.15) is 4.98 Å². The van der Waals surface area contributed by atoms with Crippen LogP contribution in [-0.2, 0) is 6.54 Å². The fourth-order valence-corrected chi connectivity index (χ4v) is 4.53. The normalized spacial score (nSPS) is 14.7. The van der Waals surface area contributed by atoms with E-state index >= 15 is 0 Å². The van der Waals surface area contributed by atoms with Crippen LogP contribution in [0.4, 0.5) is 11.6 Å². The molecule has 1 unspecified atom stereocenters. The van der Waals surface area contributed by atoms with Gasteiger partial charge in [-0.25, -0.2) is 4.68 Å². The topological polar surface area (TPSA) is 84.7 Å². The van der Waals surface area contributed by atoms with Gasteiger partial charge < -0.3 is 10.6 Å². The number of fused-ring (bicyclic) bond motifs is 1. The Hall–Kier alpha value is -4.00. The Bertz CT molecular complexity index is 1470. The van der Waals surface area contributed by atoms with E-state index in [1.54, 1.807) is 0 Å². The maximum Gasteiger partial charge on any atom is 0.252 e. The summed E-state index contributed by atoms with van der Waals surface area (Å²) in [5, 5.41) is 11.2. The third kappa shape index (κ3) is 4.07. The van der Waals surface area contributed by atoms with Crippen LogP contribution in [0.15, 0.2) is 42.5 Å². The summed E-state index contributed by atoms with van der Waals surface area (Å²) in [6, 6.07) is 14.4. The Balaban J connectivity index is 1.47. The molecule has 2 N–H and O–H groups in total. The van der Waals surface area contributed by atoms with E-state index in [9.17, 15) is 4.79 Å². The molecule has 0 aliphatic carbocycles. The second-order valence-electron chi connectivity index (χ2n) is 9.28. The van der Waals surface area contributed by atoms with Gasteiger partial charge in [0.05, 0.1) is 11.7 Å². The molecule has 1 aliphatic heterocycles. The molecule has 178 valence electrons. The lowest BCUT2D eigenvalue weighted by molar-refractivity contribution is 0.0958. The molecule has 7 nitrogen and oxygen atoms in total. The first kappa shape index (κ1) is 22.8. The van der Waals surface area contributed by atoms with Crippen molar-refractivity contribution in [2.24, 2.45) is 0 Å². The fraction of sp³-hybridized carbons (Fsp3) is 0.286. The smallest absolute Gasteiger partial charge is 0.252 e. The third-order valence-electron chi connectivity index (χ3n) is 6.78. The molecule has 5 rings (SSSR count). The first-order valence-corrected chi connectivity index (χ1v) is 12.0. The quantitative estimate of drug-likeness (QED) is 0.388. The van der Waals surface area contributed by atoms with Gasteiger partial charge in [0, 0.05) is 34.6 Å². The molecule has 3 heterocycles. The van der Waals surface area contributed by atoms with Crippen molar-refractivity contribution in [2.45, 2.75) is 54.1 Å². The Morgan fingerprint density at radius 2 is 1.74 bits per heavy atom. The lowest BCUT2D eigenvalue weighted by atomic mass is 10.0. The lowest BCUT2D eigenvalue weighted by Crippen LogP contribution is -2.16. The van der Waals surface area contributed by atoms with E-state index in [1.165, 1.54) is 5.56 Å². The summed E-state index contributed by atoms with van der Waals surface area (Å²) < 4.78 is 1.86. The second-order valence-corrected chi connectivity index (χ2v) is 9.28. The summed E-state index contributed by atoms with van der Waals surface area (Å²) in [6.45, 7) is 12.9. The minimum absolute atomic E-state index is 0.00782. The molecule has 0 bridgehead atoms. The number of benzene rings is 2. The predicted molar refractivity (Wildman–Crippen MR) is 139 cm³/mol. The number of nitrogens with zero attached hydrogens (tertiary/aromatic N) is 4. The number of carbonyl (C=O) groups excluding carboxylic acids is 1. The standard InChI is InChI=1S/C28H30N6O/c1-7-34-28(31-25-14-22-19(6)30-27(35)23(22)13-17(25)4)32-26(33-34)20-9-10-21(16(3)12-20)24-11-8-15(2)18(5)29-24/h8-14,19H,7H2,1-6H3,(H,30,35)(H,31,32,33). The highest BCUT2D eigenvalue weighted by molar-refractivity contribution is 6.00. The van der Waals surface area contributed by atoms with Gasteiger partial charge in [0.2, 0.25) is 5.95 Å². The molecule has 0 fully saturated rings. The third-order valence-corrected chi connectivity index (χ3v) is 6.78. The van der Waals surface area contributed by atoms with E-state index in [2.05, 4.69) is 54.8 Å². The Kier molecular flexibility index (Phi) is 5.63. The maximum atomic E-state index is 12.2.